The summed E-state index contributed by atoms with van der Waals surface area (Å²) in [5.74, 6) is -11.1. The van der Waals surface area contributed by atoms with E-state index in [4.69, 9.17) is 23.5 Å². The van der Waals surface area contributed by atoms with Crippen molar-refractivity contribution >= 4 is 28.0 Å². The molecule has 20 heteroatoms. The van der Waals surface area contributed by atoms with Gasteiger partial charge >= 0.3 is 39.7 Å². The van der Waals surface area contributed by atoms with Crippen molar-refractivity contribution in [3.63, 3.8) is 0 Å². The Balaban J connectivity index is 1.15. The topological polar surface area (TPSA) is 146 Å². The molecule has 0 radical (unpaired) electrons. The predicted molar refractivity (Wildman–Crippen MR) is 147 cm³/mol. The molecule has 8 fully saturated rings. The Hall–Kier alpha value is -2.32. The van der Waals surface area contributed by atoms with E-state index in [0.717, 1.165) is 0 Å². The van der Waals surface area contributed by atoms with Crippen molar-refractivity contribution in [2.75, 3.05) is 6.61 Å². The lowest BCUT2D eigenvalue weighted by Crippen LogP contribution is -2.66. The lowest BCUT2D eigenvalue weighted by atomic mass is 9.47. The van der Waals surface area contributed by atoms with Gasteiger partial charge < -0.3 is 23.8 Å². The highest BCUT2D eigenvalue weighted by molar-refractivity contribution is 7.86. The van der Waals surface area contributed by atoms with E-state index in [0.29, 0.717) is 6.92 Å². The highest BCUT2D eigenvalue weighted by atomic mass is 32.2. The van der Waals surface area contributed by atoms with Crippen molar-refractivity contribution < 1.29 is 81.4 Å². The molecule has 1 N–H and O–H groups in total. The summed E-state index contributed by atoms with van der Waals surface area (Å²) in [7, 11) is -5.99. The summed E-state index contributed by atoms with van der Waals surface area (Å²) in [6.07, 6.45) is -15.2. The van der Waals surface area contributed by atoms with Gasteiger partial charge in [-0.25, -0.2) is 0 Å². The van der Waals surface area contributed by atoms with Gasteiger partial charge in [0.05, 0.1) is 29.9 Å². The third-order valence-electron chi connectivity index (χ3n) is 12.6. The zero-order chi connectivity index (χ0) is 36.9. The van der Waals surface area contributed by atoms with Gasteiger partial charge in [-0.2, -0.15) is 43.5 Å². The lowest BCUT2D eigenvalue weighted by molar-refractivity contribution is -0.403. The average molecular weight is 754 g/mol. The summed E-state index contributed by atoms with van der Waals surface area (Å²) >= 11 is 0. The fourth-order valence-corrected chi connectivity index (χ4v) is 11.2. The molecule has 1 amide bonds. The fourth-order valence-electron chi connectivity index (χ4n) is 10.8. The summed E-state index contributed by atoms with van der Waals surface area (Å²) in [5.41, 5.74) is -5.88. The second kappa shape index (κ2) is 10.6. The first-order valence-corrected chi connectivity index (χ1v) is 17.8. The maximum absolute atomic E-state index is 14.3. The molecule has 0 aromatic heterocycles. The van der Waals surface area contributed by atoms with Gasteiger partial charge in [-0.15, -0.1) is 0 Å². The number of hydrogen-bond donors (Lipinski definition) is 1. The van der Waals surface area contributed by atoms with Gasteiger partial charge in [0, 0.05) is 23.8 Å². The third kappa shape index (κ3) is 4.61. The van der Waals surface area contributed by atoms with Crippen LogP contribution in [-0.2, 0) is 43.4 Å². The molecule has 2 heterocycles. The van der Waals surface area contributed by atoms with Crippen molar-refractivity contribution in [1.82, 2.24) is 4.90 Å². The third-order valence-corrected chi connectivity index (χ3v) is 13.6. The number of hydrogen-bond acceptors (Lipinski definition) is 9. The monoisotopic (exact) mass is 753 g/mol. The van der Waals surface area contributed by atoms with E-state index in [1.807, 2.05) is 0 Å². The van der Waals surface area contributed by atoms with Crippen LogP contribution in [0.4, 0.5) is 35.1 Å². The van der Waals surface area contributed by atoms with Gasteiger partial charge in [0.2, 0.25) is 5.91 Å². The van der Waals surface area contributed by atoms with Crippen LogP contribution in [-0.4, -0.2) is 95.6 Å². The van der Waals surface area contributed by atoms with E-state index in [1.165, 1.54) is 4.90 Å². The number of rotatable bonds is 7. The first kappa shape index (κ1) is 36.1. The molecule has 6 bridgehead atoms. The van der Waals surface area contributed by atoms with E-state index in [1.54, 1.807) is 13.8 Å². The number of esters is 2. The van der Waals surface area contributed by atoms with Crippen LogP contribution in [0.25, 0.3) is 0 Å². The molecule has 6 aliphatic carbocycles. The van der Waals surface area contributed by atoms with Crippen molar-refractivity contribution in [3.8, 4) is 0 Å². The lowest BCUT2D eigenvalue weighted by Gasteiger charge is -2.62. The molecular weight excluding hydrogens is 718 g/mol. The number of ether oxygens (including phenoxy) is 4. The normalized spacial score (nSPS) is 42.2. The molecule has 9 atom stereocenters. The number of nitrogens with zero attached hydrogens (tertiary/aromatic N) is 1. The van der Waals surface area contributed by atoms with E-state index >= 15 is 0 Å². The zero-order valence-electron chi connectivity index (χ0n) is 26.8. The summed E-state index contributed by atoms with van der Waals surface area (Å²) in [5, 5.41) is -4.87. The van der Waals surface area contributed by atoms with E-state index < -0.39 is 129 Å². The molecular formula is C30H35F8NO10S. The summed E-state index contributed by atoms with van der Waals surface area (Å²) in [4.78, 5) is 42.7. The number of amides is 1. The molecule has 2 aliphatic heterocycles. The molecule has 282 valence electrons. The van der Waals surface area contributed by atoms with Gasteiger partial charge in [-0.05, 0) is 71.1 Å². The molecule has 0 aromatic rings. The average Bonchev–Trinajstić information content (AvgIpc) is 3.70. The van der Waals surface area contributed by atoms with Gasteiger partial charge in [-0.3, -0.25) is 18.9 Å². The van der Waals surface area contributed by atoms with Gasteiger partial charge in [0.15, 0.2) is 11.9 Å². The standard InChI is InChI=1S/C30H35F8NO10S/c1-11(2)39-20-16-6-17(19(18(16)22(39)40)23(41)47-12(3)28(31,32)50(43,44)45)21(20)48-24(42)25-7-13-4-14(8-25)27(15(5-13)9-25)46-10-26(49-27,29(33,34)35)30(36,37)38/h11-21H,4-10H2,1-3H3,(H,43,44,45). The molecule has 8 aliphatic rings. The zero-order valence-corrected chi connectivity index (χ0v) is 27.6. The number of halogens is 8. The maximum atomic E-state index is 14.3. The van der Waals surface area contributed by atoms with Crippen LogP contribution in [0.15, 0.2) is 0 Å². The van der Waals surface area contributed by atoms with Crippen molar-refractivity contribution in [3.05, 3.63) is 0 Å². The highest BCUT2D eigenvalue weighted by Crippen LogP contribution is 2.69. The number of alkyl halides is 8. The van der Waals surface area contributed by atoms with E-state index in [2.05, 4.69) is 0 Å². The molecule has 8 rings (SSSR count). The van der Waals surface area contributed by atoms with Crippen LogP contribution in [0.5, 0.6) is 0 Å². The molecule has 2 saturated heterocycles. The van der Waals surface area contributed by atoms with Crippen LogP contribution in [0.3, 0.4) is 0 Å². The summed E-state index contributed by atoms with van der Waals surface area (Å²) < 4.78 is 165. The van der Waals surface area contributed by atoms with Gasteiger partial charge in [0.25, 0.3) is 5.60 Å². The van der Waals surface area contributed by atoms with Crippen LogP contribution in [0.1, 0.15) is 59.3 Å². The second-order valence-corrected chi connectivity index (χ2v) is 17.0. The predicted octanol–water partition coefficient (Wildman–Crippen LogP) is 4.24. The number of likely N-dealkylation sites (tertiary alicyclic amines) is 1. The molecule has 50 heavy (non-hydrogen) atoms. The van der Waals surface area contributed by atoms with E-state index in [9.17, 15) is 57.9 Å². The molecule has 6 saturated carbocycles. The van der Waals surface area contributed by atoms with E-state index in [-0.39, 0.29) is 44.4 Å². The first-order chi connectivity index (χ1) is 22.8. The highest BCUT2D eigenvalue weighted by Gasteiger charge is 2.82. The smallest absolute Gasteiger partial charge is 0.428 e. The molecule has 9 unspecified atom stereocenters. The number of fused-ring (bicyclic) bond motifs is 1. The Morgan fingerprint density at radius 1 is 0.940 bits per heavy atom. The van der Waals surface area contributed by atoms with Crippen molar-refractivity contribution in [1.29, 1.82) is 0 Å². The Morgan fingerprint density at radius 3 is 2.02 bits per heavy atom. The summed E-state index contributed by atoms with van der Waals surface area (Å²) in [6.45, 7) is 2.13. The largest absolute Gasteiger partial charge is 0.459 e. The van der Waals surface area contributed by atoms with Crippen molar-refractivity contribution in [2.24, 2.45) is 46.8 Å². The molecule has 11 nitrogen and oxygen atoms in total. The Kier molecular flexibility index (Phi) is 7.67. The first-order valence-electron chi connectivity index (χ1n) is 16.4. The molecule has 1 spiro atoms. The minimum absolute atomic E-state index is 0.147. The van der Waals surface area contributed by atoms with Crippen LogP contribution >= 0.6 is 0 Å². The Labute approximate surface area is 280 Å². The van der Waals surface area contributed by atoms with Crippen LogP contribution in [0, 0.1) is 46.8 Å². The van der Waals surface area contributed by atoms with Crippen LogP contribution in [0.2, 0.25) is 0 Å². The van der Waals surface area contributed by atoms with Gasteiger partial charge in [0.1, 0.15) is 6.10 Å². The quantitative estimate of drug-likeness (QED) is 0.228. The maximum Gasteiger partial charge on any atom is 0.428 e. The van der Waals surface area contributed by atoms with Crippen LogP contribution < -0.4 is 0 Å². The number of carbonyl (C=O) groups excluding carboxylic acids is 3. The summed E-state index contributed by atoms with van der Waals surface area (Å²) in [6, 6.07) is -1.18. The Morgan fingerprint density at radius 2 is 1.52 bits per heavy atom. The fraction of sp³-hybridized carbons (Fsp3) is 0.900. The minimum atomic E-state index is -5.99. The van der Waals surface area contributed by atoms with Crippen molar-refractivity contribution in [2.45, 2.75) is 113 Å². The second-order valence-electron chi connectivity index (χ2n) is 15.5. The number of carbonyl (C=O) groups is 3. The van der Waals surface area contributed by atoms with Gasteiger partial charge in [-0.1, -0.05) is 0 Å². The Bertz CT molecular complexity index is 1570. The SMILES string of the molecule is CC(C)N1C(=O)C2C3CC(C(OC(=O)C45CC6CC(C4)C4(OCC(C(F)(F)F)(C(F)(F)F)O4)C(C6)C5)C31)C2C(=O)OC(C)C(F)(F)S(=O)(=O)O. The minimum Gasteiger partial charge on any atom is -0.459 e. The molecule has 0 aromatic carbocycles.